The van der Waals surface area contributed by atoms with Gasteiger partial charge in [-0.15, -0.1) is 0 Å². The molecule has 0 heterocycles. The lowest BCUT2D eigenvalue weighted by Crippen LogP contribution is -2.56. The summed E-state index contributed by atoms with van der Waals surface area (Å²) in [6.45, 7) is 5.67. The molecule has 0 aromatic rings. The predicted molar refractivity (Wildman–Crippen MR) is 81.4 cm³/mol. The zero-order chi connectivity index (χ0) is 16.0. The summed E-state index contributed by atoms with van der Waals surface area (Å²) in [5.74, 6) is -0.0936. The Hall–Kier alpha value is -1.14. The number of carbonyl (C=O) groups is 2. The molecule has 1 aliphatic carbocycles. The van der Waals surface area contributed by atoms with Gasteiger partial charge in [0.25, 0.3) is 0 Å². The van der Waals surface area contributed by atoms with Crippen molar-refractivity contribution in [2.24, 2.45) is 17.6 Å². The molecule has 0 aromatic heterocycles. The first-order valence-electron chi connectivity index (χ1n) is 7.75. The Bertz CT molecular complexity index is 373. The van der Waals surface area contributed by atoms with E-state index in [-0.39, 0.29) is 30.9 Å². The number of rotatable bonds is 6. The summed E-state index contributed by atoms with van der Waals surface area (Å²) in [5, 5.41) is 15.1. The molecule has 5 N–H and O–H groups in total. The summed E-state index contributed by atoms with van der Waals surface area (Å²) >= 11 is 0. The fraction of sp³-hybridized carbons (Fsp3) is 0.867. The fourth-order valence-corrected chi connectivity index (χ4v) is 2.88. The number of nitrogens with one attached hydrogen (secondary N) is 2. The first-order valence-corrected chi connectivity index (χ1v) is 7.75. The van der Waals surface area contributed by atoms with Crippen LogP contribution in [-0.2, 0) is 9.59 Å². The second kappa shape index (κ2) is 7.75. The van der Waals surface area contributed by atoms with Gasteiger partial charge in [-0.05, 0) is 24.7 Å². The molecule has 3 atom stereocenters. The van der Waals surface area contributed by atoms with Crippen molar-refractivity contribution >= 4 is 11.8 Å². The van der Waals surface area contributed by atoms with Crippen LogP contribution in [0.3, 0.4) is 0 Å². The van der Waals surface area contributed by atoms with E-state index in [1.807, 2.05) is 13.8 Å². The monoisotopic (exact) mass is 299 g/mol. The van der Waals surface area contributed by atoms with E-state index in [4.69, 9.17) is 5.73 Å². The summed E-state index contributed by atoms with van der Waals surface area (Å²) in [4.78, 5) is 23.7. The Morgan fingerprint density at radius 3 is 2.62 bits per heavy atom. The zero-order valence-corrected chi connectivity index (χ0v) is 13.3. The molecule has 0 aliphatic heterocycles. The van der Waals surface area contributed by atoms with Crippen LogP contribution in [0.25, 0.3) is 0 Å². The Morgan fingerprint density at radius 1 is 1.43 bits per heavy atom. The first kappa shape index (κ1) is 17.9. The molecule has 0 bridgehead atoms. The first-order chi connectivity index (χ1) is 9.79. The maximum Gasteiger partial charge on any atom is 0.239 e. The minimum atomic E-state index is -0.612. The number of hydrogen-bond donors (Lipinski definition) is 4. The van der Waals surface area contributed by atoms with Gasteiger partial charge in [0, 0.05) is 0 Å². The highest BCUT2D eigenvalue weighted by atomic mass is 16.3. The number of hydrogen-bond acceptors (Lipinski definition) is 4. The molecule has 21 heavy (non-hydrogen) atoms. The minimum Gasteiger partial charge on any atom is -0.394 e. The molecule has 1 fully saturated rings. The lowest BCUT2D eigenvalue weighted by molar-refractivity contribution is -0.128. The van der Waals surface area contributed by atoms with Gasteiger partial charge in [0.15, 0.2) is 0 Å². The maximum atomic E-state index is 12.0. The van der Waals surface area contributed by atoms with E-state index >= 15 is 0 Å². The van der Waals surface area contributed by atoms with E-state index in [0.29, 0.717) is 5.92 Å². The summed E-state index contributed by atoms with van der Waals surface area (Å²) < 4.78 is 0. The fourth-order valence-electron chi connectivity index (χ4n) is 2.88. The summed E-state index contributed by atoms with van der Waals surface area (Å²) in [6.07, 6.45) is 3.66. The normalized spacial score (nSPS) is 27.2. The third-order valence-corrected chi connectivity index (χ3v) is 4.24. The van der Waals surface area contributed by atoms with E-state index in [1.165, 1.54) is 0 Å². The molecule has 1 saturated carbocycles. The molecule has 0 radical (unpaired) electrons. The Balaban J connectivity index is 2.47. The van der Waals surface area contributed by atoms with Crippen LogP contribution in [0.15, 0.2) is 0 Å². The molecule has 2 unspecified atom stereocenters. The van der Waals surface area contributed by atoms with Gasteiger partial charge in [0.2, 0.25) is 11.8 Å². The van der Waals surface area contributed by atoms with Gasteiger partial charge in [-0.3, -0.25) is 9.59 Å². The molecule has 6 heteroatoms. The largest absolute Gasteiger partial charge is 0.394 e. The van der Waals surface area contributed by atoms with E-state index in [9.17, 15) is 14.7 Å². The van der Waals surface area contributed by atoms with Gasteiger partial charge in [-0.2, -0.15) is 0 Å². The minimum absolute atomic E-state index is 0.0241. The number of nitrogens with two attached hydrogens (primary N) is 1. The topological polar surface area (TPSA) is 104 Å². The Morgan fingerprint density at radius 2 is 2.10 bits per heavy atom. The highest BCUT2D eigenvalue weighted by Gasteiger charge is 2.35. The van der Waals surface area contributed by atoms with Crippen molar-refractivity contribution in [1.82, 2.24) is 10.6 Å². The van der Waals surface area contributed by atoms with E-state index in [0.717, 1.165) is 25.7 Å². The van der Waals surface area contributed by atoms with E-state index < -0.39 is 11.6 Å². The molecule has 0 aromatic carbocycles. The second-order valence-electron chi connectivity index (χ2n) is 6.68. The molecule has 2 amide bonds. The quantitative estimate of drug-likeness (QED) is 0.560. The van der Waals surface area contributed by atoms with Crippen LogP contribution in [0.4, 0.5) is 0 Å². The van der Waals surface area contributed by atoms with Crippen molar-refractivity contribution in [1.29, 1.82) is 0 Å². The smallest absolute Gasteiger partial charge is 0.239 e. The highest BCUT2D eigenvalue weighted by molar-refractivity contribution is 5.87. The lowest BCUT2D eigenvalue weighted by Gasteiger charge is -2.39. The molecule has 0 saturated heterocycles. The van der Waals surface area contributed by atoms with Crippen molar-refractivity contribution in [3.63, 3.8) is 0 Å². The number of aliphatic hydroxyl groups is 1. The van der Waals surface area contributed by atoms with E-state index in [1.54, 1.807) is 0 Å². The highest BCUT2D eigenvalue weighted by Crippen LogP contribution is 2.31. The number of aliphatic hydroxyl groups excluding tert-OH is 1. The van der Waals surface area contributed by atoms with Crippen LogP contribution < -0.4 is 16.4 Å². The third-order valence-electron chi connectivity index (χ3n) is 4.24. The van der Waals surface area contributed by atoms with Gasteiger partial charge in [-0.25, -0.2) is 0 Å². The molecule has 1 rings (SSSR count). The molecule has 0 spiro atoms. The van der Waals surface area contributed by atoms with E-state index in [2.05, 4.69) is 17.6 Å². The maximum absolute atomic E-state index is 12.0. The van der Waals surface area contributed by atoms with Crippen LogP contribution in [0.2, 0.25) is 0 Å². The molecule has 1 aliphatic rings. The van der Waals surface area contributed by atoms with Crippen LogP contribution in [-0.4, -0.2) is 41.7 Å². The third kappa shape index (κ3) is 5.28. The molecule has 122 valence electrons. The standard InChI is InChI=1S/C15H29N3O3/c1-10(2)13(16)14(21)17-8-12(20)18-15(9-19)6-4-5-11(3)7-15/h10-11,13,19H,4-9,16H2,1-3H3,(H,17,21)(H,18,20)/t11?,13-,15?/m0/s1. The zero-order valence-electron chi connectivity index (χ0n) is 13.3. The number of amides is 2. The second-order valence-corrected chi connectivity index (χ2v) is 6.68. The van der Waals surface area contributed by atoms with Crippen LogP contribution in [0.1, 0.15) is 46.5 Å². The van der Waals surface area contributed by atoms with Crippen LogP contribution in [0, 0.1) is 11.8 Å². The summed E-state index contributed by atoms with van der Waals surface area (Å²) in [6, 6.07) is -0.612. The average molecular weight is 299 g/mol. The Labute approximate surface area is 126 Å². The van der Waals surface area contributed by atoms with Gasteiger partial charge >= 0.3 is 0 Å². The molecular formula is C15H29N3O3. The van der Waals surface area contributed by atoms with Crippen molar-refractivity contribution in [2.45, 2.75) is 58.0 Å². The van der Waals surface area contributed by atoms with Crippen molar-refractivity contribution in [3.05, 3.63) is 0 Å². The predicted octanol–water partition coefficient (Wildman–Crippen LogP) is 0.143. The van der Waals surface area contributed by atoms with Gasteiger partial charge < -0.3 is 21.5 Å². The summed E-state index contributed by atoms with van der Waals surface area (Å²) in [5.41, 5.74) is 5.18. The lowest BCUT2D eigenvalue weighted by atomic mass is 9.77. The number of carbonyl (C=O) groups excluding carboxylic acids is 2. The van der Waals surface area contributed by atoms with Crippen molar-refractivity contribution in [3.8, 4) is 0 Å². The van der Waals surface area contributed by atoms with Crippen LogP contribution in [0.5, 0.6) is 0 Å². The van der Waals surface area contributed by atoms with Crippen LogP contribution >= 0.6 is 0 Å². The SMILES string of the molecule is CC1CCCC(CO)(NC(=O)CNC(=O)[C@@H](N)C(C)C)C1. The molecular weight excluding hydrogens is 270 g/mol. The van der Waals surface area contributed by atoms with Gasteiger partial charge in [0.1, 0.15) is 0 Å². The van der Waals surface area contributed by atoms with Gasteiger partial charge in [-0.1, -0.05) is 33.6 Å². The van der Waals surface area contributed by atoms with Crippen molar-refractivity contribution < 1.29 is 14.7 Å². The van der Waals surface area contributed by atoms with Crippen molar-refractivity contribution in [2.75, 3.05) is 13.2 Å². The Kier molecular flexibility index (Phi) is 6.61. The average Bonchev–Trinajstić information content (AvgIpc) is 2.43. The molecule has 6 nitrogen and oxygen atoms in total. The van der Waals surface area contributed by atoms with Gasteiger partial charge in [0.05, 0.1) is 24.7 Å². The summed E-state index contributed by atoms with van der Waals surface area (Å²) in [7, 11) is 0.